The number of likely N-dealkylation sites (tertiary alicyclic amines) is 1. The van der Waals surface area contributed by atoms with Crippen LogP contribution in [0.5, 0.6) is 11.5 Å². The van der Waals surface area contributed by atoms with Gasteiger partial charge in [0.2, 0.25) is 11.8 Å². The lowest BCUT2D eigenvalue weighted by Crippen LogP contribution is -2.54. The van der Waals surface area contributed by atoms with E-state index in [2.05, 4.69) is 15.6 Å². The fourth-order valence-electron chi connectivity index (χ4n) is 6.00. The molecule has 9 nitrogen and oxygen atoms in total. The Kier molecular flexibility index (Phi) is 6.57. The summed E-state index contributed by atoms with van der Waals surface area (Å²) >= 11 is 1.38. The Morgan fingerprint density at radius 2 is 1.88 bits per heavy atom. The minimum absolute atomic E-state index is 0.0919. The molecular formula is C31H31N5O4S. The number of aromatic nitrogens is 1. The smallest absolute Gasteiger partial charge is 0.327 e. The monoisotopic (exact) mass is 569 g/mol. The van der Waals surface area contributed by atoms with Gasteiger partial charge in [-0.05, 0) is 74.6 Å². The van der Waals surface area contributed by atoms with E-state index in [0.29, 0.717) is 12.3 Å². The molecule has 1 saturated carbocycles. The fourth-order valence-corrected chi connectivity index (χ4v) is 7.23. The van der Waals surface area contributed by atoms with Gasteiger partial charge in [-0.2, -0.15) is 0 Å². The third kappa shape index (κ3) is 4.90. The first-order valence-electron chi connectivity index (χ1n) is 14.1. The molecule has 1 saturated heterocycles. The van der Waals surface area contributed by atoms with Crippen molar-refractivity contribution in [3.05, 3.63) is 71.9 Å². The summed E-state index contributed by atoms with van der Waals surface area (Å²) in [6.07, 6.45) is 5.35. The van der Waals surface area contributed by atoms with Crippen LogP contribution in [0.3, 0.4) is 0 Å². The van der Waals surface area contributed by atoms with Crippen molar-refractivity contribution in [1.29, 1.82) is 0 Å². The second kappa shape index (κ2) is 10.4. The molecule has 7 rings (SSSR count). The highest BCUT2D eigenvalue weighted by molar-refractivity contribution is 8.01. The summed E-state index contributed by atoms with van der Waals surface area (Å²) in [4.78, 5) is 47.9. The molecule has 4 heterocycles. The maximum absolute atomic E-state index is 13.6. The molecule has 3 unspecified atom stereocenters. The minimum Gasteiger partial charge on any atom is -0.457 e. The number of thioether (sulfide) groups is 1. The highest BCUT2D eigenvalue weighted by atomic mass is 32.2. The summed E-state index contributed by atoms with van der Waals surface area (Å²) in [5.74, 6) is 1.67. The molecule has 41 heavy (non-hydrogen) atoms. The first-order valence-corrected chi connectivity index (χ1v) is 15.0. The van der Waals surface area contributed by atoms with Gasteiger partial charge in [-0.1, -0.05) is 30.0 Å². The highest BCUT2D eigenvalue weighted by Gasteiger charge is 2.47. The van der Waals surface area contributed by atoms with E-state index in [1.165, 1.54) is 11.8 Å². The number of pyridine rings is 1. The van der Waals surface area contributed by atoms with Crippen molar-refractivity contribution in [2.24, 2.45) is 5.92 Å². The number of nitrogens with one attached hydrogen (secondary N) is 2. The molecule has 10 heteroatoms. The molecule has 3 aromatic rings. The van der Waals surface area contributed by atoms with Crippen LogP contribution in [-0.2, 0) is 9.59 Å². The molecule has 3 aliphatic heterocycles. The highest BCUT2D eigenvalue weighted by Crippen LogP contribution is 2.51. The van der Waals surface area contributed by atoms with E-state index in [1.54, 1.807) is 11.1 Å². The first-order chi connectivity index (χ1) is 20.0. The summed E-state index contributed by atoms with van der Waals surface area (Å²) < 4.78 is 5.98. The fraction of sp³-hybridized carbons (Fsp3) is 0.355. The van der Waals surface area contributed by atoms with Crippen LogP contribution in [0.4, 0.5) is 16.2 Å². The normalized spacial score (nSPS) is 23.0. The molecule has 2 N–H and O–H groups in total. The van der Waals surface area contributed by atoms with E-state index < -0.39 is 11.3 Å². The third-order valence-electron chi connectivity index (χ3n) is 8.16. The number of carbonyl (C=O) groups is 3. The molecule has 2 aromatic carbocycles. The Bertz CT molecular complexity index is 1530. The Balaban J connectivity index is 1.10. The van der Waals surface area contributed by atoms with E-state index in [0.717, 1.165) is 65.5 Å². The summed E-state index contributed by atoms with van der Waals surface area (Å²) in [5.41, 5.74) is 3.19. The number of ether oxygens (including phenoxy) is 1. The van der Waals surface area contributed by atoms with Gasteiger partial charge in [0.05, 0.1) is 17.4 Å². The summed E-state index contributed by atoms with van der Waals surface area (Å²) in [7, 11) is 0. The number of anilines is 2. The zero-order chi connectivity index (χ0) is 28.1. The Morgan fingerprint density at radius 3 is 2.66 bits per heavy atom. The number of hydrogen-bond acceptors (Lipinski definition) is 6. The Morgan fingerprint density at radius 1 is 1.05 bits per heavy atom. The lowest BCUT2D eigenvalue weighted by Gasteiger charge is -2.36. The van der Waals surface area contributed by atoms with Crippen molar-refractivity contribution in [2.45, 2.75) is 55.0 Å². The number of amides is 4. The van der Waals surface area contributed by atoms with Crippen LogP contribution in [0, 0.1) is 12.8 Å². The zero-order valence-electron chi connectivity index (χ0n) is 22.7. The Hall–Kier alpha value is -4.05. The van der Waals surface area contributed by atoms with E-state index >= 15 is 0 Å². The number of urea groups is 1. The van der Waals surface area contributed by atoms with E-state index in [1.807, 2.05) is 66.4 Å². The Labute approximate surface area is 242 Å². The molecule has 210 valence electrons. The SMILES string of the molecule is Cc1cc(Oc2ccccc2)ccc1N1C(=O)NC2c3c1ccnc3SC2C(=O)NC1CCCN(C(=O)C2CC2)C1. The van der Waals surface area contributed by atoms with Gasteiger partial charge in [0.15, 0.2) is 0 Å². The maximum atomic E-state index is 13.6. The third-order valence-corrected chi connectivity index (χ3v) is 9.45. The van der Waals surface area contributed by atoms with Gasteiger partial charge in [0.1, 0.15) is 21.8 Å². The standard InChI is InChI=1S/C31H31N5O4S/c1-18-16-22(40-21-7-3-2-4-8-21)11-12-23(18)36-24-13-14-32-29-25(24)26(34-31(36)39)27(41-29)28(37)33-20-6-5-15-35(17-20)30(38)19-9-10-19/h2-4,7-8,11-14,16,19-20,26-27H,5-6,9-10,15,17H2,1H3,(H,33,37)(H,34,39). The van der Waals surface area contributed by atoms with Crippen molar-refractivity contribution >= 4 is 41.0 Å². The van der Waals surface area contributed by atoms with Crippen molar-refractivity contribution in [3.63, 3.8) is 0 Å². The maximum Gasteiger partial charge on any atom is 0.327 e. The predicted molar refractivity (Wildman–Crippen MR) is 155 cm³/mol. The predicted octanol–water partition coefficient (Wildman–Crippen LogP) is 5.08. The molecule has 1 aromatic heterocycles. The van der Waals surface area contributed by atoms with Gasteiger partial charge in [0.25, 0.3) is 0 Å². The molecular weight excluding hydrogens is 538 g/mol. The second-order valence-electron chi connectivity index (χ2n) is 11.1. The number of carbonyl (C=O) groups excluding carboxylic acids is 3. The summed E-state index contributed by atoms with van der Waals surface area (Å²) in [6, 6.07) is 16.2. The number of para-hydroxylation sites is 1. The summed E-state index contributed by atoms with van der Waals surface area (Å²) in [5, 5.41) is 6.48. The molecule has 3 atom stereocenters. The quantitative estimate of drug-likeness (QED) is 0.429. The van der Waals surface area contributed by atoms with Gasteiger partial charge in [-0.3, -0.25) is 14.5 Å². The zero-order valence-corrected chi connectivity index (χ0v) is 23.5. The van der Waals surface area contributed by atoms with Crippen molar-refractivity contribution in [3.8, 4) is 11.5 Å². The van der Waals surface area contributed by atoms with Gasteiger partial charge in [-0.15, -0.1) is 0 Å². The lowest BCUT2D eigenvalue weighted by molar-refractivity contribution is -0.134. The molecule has 2 fully saturated rings. The van der Waals surface area contributed by atoms with Crippen molar-refractivity contribution in [1.82, 2.24) is 20.5 Å². The molecule has 4 aliphatic rings. The van der Waals surface area contributed by atoms with Crippen molar-refractivity contribution in [2.75, 3.05) is 18.0 Å². The van der Waals surface area contributed by atoms with Gasteiger partial charge in [0, 0.05) is 36.8 Å². The van der Waals surface area contributed by atoms with Gasteiger partial charge >= 0.3 is 6.03 Å². The number of piperidine rings is 1. The summed E-state index contributed by atoms with van der Waals surface area (Å²) in [6.45, 7) is 3.25. The van der Waals surface area contributed by atoms with Gasteiger partial charge < -0.3 is 20.3 Å². The molecule has 0 radical (unpaired) electrons. The number of benzene rings is 2. The van der Waals surface area contributed by atoms with E-state index in [-0.39, 0.29) is 29.8 Å². The first kappa shape index (κ1) is 25.9. The van der Waals surface area contributed by atoms with Crippen molar-refractivity contribution < 1.29 is 19.1 Å². The number of hydrogen-bond donors (Lipinski definition) is 2. The average Bonchev–Trinajstić information content (AvgIpc) is 3.76. The topological polar surface area (TPSA) is 104 Å². The second-order valence-corrected chi connectivity index (χ2v) is 12.2. The molecule has 1 aliphatic carbocycles. The van der Waals surface area contributed by atoms with Crippen LogP contribution < -0.4 is 20.3 Å². The van der Waals surface area contributed by atoms with Crippen LogP contribution in [0.2, 0.25) is 0 Å². The minimum atomic E-state index is -0.540. The molecule has 4 amide bonds. The molecule has 0 bridgehead atoms. The van der Waals surface area contributed by atoms with Crippen LogP contribution in [-0.4, -0.2) is 52.1 Å². The molecule has 0 spiro atoms. The van der Waals surface area contributed by atoms with Crippen LogP contribution in [0.25, 0.3) is 0 Å². The van der Waals surface area contributed by atoms with Crippen LogP contribution in [0.1, 0.15) is 42.9 Å². The van der Waals surface area contributed by atoms with E-state index in [4.69, 9.17) is 4.74 Å². The van der Waals surface area contributed by atoms with E-state index in [9.17, 15) is 14.4 Å². The van der Waals surface area contributed by atoms with Crippen LogP contribution in [0.15, 0.2) is 65.8 Å². The number of nitrogens with zero attached hydrogens (tertiary/aromatic N) is 3. The lowest BCUT2D eigenvalue weighted by atomic mass is 9.98. The number of aryl methyl sites for hydroxylation is 1. The largest absolute Gasteiger partial charge is 0.457 e. The van der Waals surface area contributed by atoms with Crippen LogP contribution >= 0.6 is 11.8 Å². The average molecular weight is 570 g/mol. The number of rotatable bonds is 6. The van der Waals surface area contributed by atoms with Gasteiger partial charge in [-0.25, -0.2) is 9.78 Å².